The zero-order valence-electron chi connectivity index (χ0n) is 18.2. The number of hydrogen-bond acceptors (Lipinski definition) is 6. The van der Waals surface area contributed by atoms with Crippen LogP contribution in [0.25, 0.3) is 0 Å². The van der Waals surface area contributed by atoms with Crippen LogP contribution in [0, 0.1) is 11.3 Å². The Morgan fingerprint density at radius 3 is 2.53 bits per heavy atom. The molecule has 2 N–H and O–H groups in total. The summed E-state index contributed by atoms with van der Waals surface area (Å²) in [4.78, 5) is 24.8. The van der Waals surface area contributed by atoms with Gasteiger partial charge >= 0.3 is 0 Å². The minimum atomic E-state index is -0.430. The lowest BCUT2D eigenvalue weighted by Gasteiger charge is -2.25. The molecule has 2 aromatic carbocycles. The van der Waals surface area contributed by atoms with Crippen LogP contribution >= 0.6 is 11.8 Å². The van der Waals surface area contributed by atoms with E-state index in [2.05, 4.69) is 23.6 Å². The molecular weight excluding hydrogens is 426 g/mol. The van der Waals surface area contributed by atoms with E-state index < -0.39 is 5.92 Å². The van der Waals surface area contributed by atoms with Crippen LogP contribution in [0.4, 0.5) is 5.69 Å². The average molecular weight is 452 g/mol. The molecule has 166 valence electrons. The van der Waals surface area contributed by atoms with Gasteiger partial charge in [-0.25, -0.2) is 0 Å². The molecule has 0 radical (unpaired) electrons. The second-order valence-electron chi connectivity index (χ2n) is 7.16. The maximum atomic E-state index is 12.4. The summed E-state index contributed by atoms with van der Waals surface area (Å²) in [5.74, 6) is 0.303. The molecule has 1 unspecified atom stereocenters. The highest BCUT2D eigenvalue weighted by atomic mass is 32.2. The number of nitriles is 1. The molecule has 0 fully saturated rings. The van der Waals surface area contributed by atoms with Crippen molar-refractivity contribution in [1.29, 1.82) is 5.26 Å². The molecule has 3 rings (SSSR count). The largest absolute Gasteiger partial charge is 0.493 e. The van der Waals surface area contributed by atoms with Gasteiger partial charge in [0.15, 0.2) is 11.5 Å². The molecular formula is C24H25N3O4S. The molecule has 1 aliphatic heterocycles. The van der Waals surface area contributed by atoms with Crippen molar-refractivity contribution in [1.82, 2.24) is 5.32 Å². The topological polar surface area (TPSA) is 100 Å². The quantitative estimate of drug-likeness (QED) is 0.630. The smallest absolute Gasteiger partial charge is 0.234 e. The Morgan fingerprint density at radius 1 is 1.19 bits per heavy atom. The number of aryl methyl sites for hydroxylation is 1. The van der Waals surface area contributed by atoms with Crippen LogP contribution in [-0.4, -0.2) is 31.8 Å². The van der Waals surface area contributed by atoms with E-state index >= 15 is 0 Å². The number of ether oxygens (including phenoxy) is 2. The fourth-order valence-corrected chi connectivity index (χ4v) is 4.32. The predicted octanol–water partition coefficient (Wildman–Crippen LogP) is 3.98. The van der Waals surface area contributed by atoms with Crippen molar-refractivity contribution in [3.8, 4) is 17.6 Å². The van der Waals surface area contributed by atoms with Crippen molar-refractivity contribution < 1.29 is 19.1 Å². The summed E-state index contributed by atoms with van der Waals surface area (Å²) >= 11 is 1.14. The molecule has 0 aromatic heterocycles. The summed E-state index contributed by atoms with van der Waals surface area (Å²) < 4.78 is 10.6. The first kappa shape index (κ1) is 23.2. The lowest BCUT2D eigenvalue weighted by atomic mass is 9.87. The molecule has 0 aliphatic carbocycles. The molecule has 7 nitrogen and oxygen atoms in total. The zero-order chi connectivity index (χ0) is 23.1. The number of anilines is 1. The van der Waals surface area contributed by atoms with E-state index in [-0.39, 0.29) is 24.0 Å². The molecule has 2 aromatic rings. The number of benzene rings is 2. The molecule has 1 aliphatic rings. The third-order valence-corrected chi connectivity index (χ3v) is 6.18. The Morgan fingerprint density at radius 2 is 1.91 bits per heavy atom. The molecule has 0 spiro atoms. The fourth-order valence-electron chi connectivity index (χ4n) is 3.45. The van der Waals surface area contributed by atoms with Crippen LogP contribution in [0.2, 0.25) is 0 Å². The monoisotopic (exact) mass is 451 g/mol. The van der Waals surface area contributed by atoms with E-state index in [9.17, 15) is 14.9 Å². The number of carbonyl (C=O) groups is 2. The van der Waals surface area contributed by atoms with Crippen LogP contribution in [0.5, 0.6) is 11.5 Å². The van der Waals surface area contributed by atoms with Crippen molar-refractivity contribution in [3.05, 3.63) is 64.2 Å². The summed E-state index contributed by atoms with van der Waals surface area (Å²) in [5, 5.41) is 15.8. The van der Waals surface area contributed by atoms with Gasteiger partial charge in [-0.2, -0.15) is 5.26 Å². The molecule has 1 heterocycles. The standard InChI is InChI=1S/C24H25N3O4S/c1-4-15-5-8-17(9-6-15)26-23(29)14-32-24-19(13-25)18(12-22(28)27-24)16-7-10-20(30-2)21(11-16)31-3/h5-11,18H,4,12,14H2,1-3H3,(H,26,29)(H,27,28). The third kappa shape index (κ3) is 5.42. The van der Waals surface area contributed by atoms with Gasteiger partial charge in [-0.05, 0) is 41.8 Å². The number of allylic oxidation sites excluding steroid dienone is 1. The number of methoxy groups -OCH3 is 2. The molecule has 0 saturated heterocycles. The molecule has 1 atom stereocenters. The Kier molecular flexibility index (Phi) is 7.79. The molecule has 32 heavy (non-hydrogen) atoms. The van der Waals surface area contributed by atoms with Crippen molar-refractivity contribution in [2.75, 3.05) is 25.3 Å². The first-order chi connectivity index (χ1) is 15.5. The van der Waals surface area contributed by atoms with E-state index in [1.165, 1.54) is 12.7 Å². The SMILES string of the molecule is CCc1ccc(NC(=O)CSC2=C(C#N)C(c3ccc(OC)c(OC)c3)CC(=O)N2)cc1. The summed E-state index contributed by atoms with van der Waals surface area (Å²) in [6.45, 7) is 2.07. The van der Waals surface area contributed by atoms with E-state index in [0.29, 0.717) is 27.8 Å². The number of amides is 2. The second-order valence-corrected chi connectivity index (χ2v) is 8.15. The number of hydrogen-bond donors (Lipinski definition) is 2. The lowest BCUT2D eigenvalue weighted by molar-refractivity contribution is -0.121. The number of nitrogens with zero attached hydrogens (tertiary/aromatic N) is 1. The Labute approximate surface area is 191 Å². The normalized spacial score (nSPS) is 15.6. The van der Waals surface area contributed by atoms with Gasteiger partial charge in [0, 0.05) is 18.0 Å². The molecule has 2 amide bonds. The fraction of sp³-hybridized carbons (Fsp3) is 0.292. The van der Waals surface area contributed by atoms with Gasteiger partial charge in [0.1, 0.15) is 0 Å². The summed E-state index contributed by atoms with van der Waals surface area (Å²) in [6.07, 6.45) is 1.06. The summed E-state index contributed by atoms with van der Waals surface area (Å²) in [5.41, 5.74) is 3.08. The van der Waals surface area contributed by atoms with Crippen molar-refractivity contribution >= 4 is 29.3 Å². The zero-order valence-corrected chi connectivity index (χ0v) is 19.0. The Balaban J connectivity index is 1.76. The number of thioether (sulfide) groups is 1. The number of rotatable bonds is 8. The van der Waals surface area contributed by atoms with E-state index in [0.717, 1.165) is 23.7 Å². The van der Waals surface area contributed by atoms with E-state index in [1.807, 2.05) is 30.3 Å². The minimum Gasteiger partial charge on any atom is -0.493 e. The summed E-state index contributed by atoms with van der Waals surface area (Å²) in [6, 6.07) is 15.2. The van der Waals surface area contributed by atoms with Crippen molar-refractivity contribution in [2.45, 2.75) is 25.7 Å². The van der Waals surface area contributed by atoms with Gasteiger partial charge in [-0.3, -0.25) is 9.59 Å². The van der Waals surface area contributed by atoms with Crippen molar-refractivity contribution in [3.63, 3.8) is 0 Å². The van der Waals surface area contributed by atoms with Crippen LogP contribution in [0.1, 0.15) is 30.4 Å². The lowest BCUT2D eigenvalue weighted by Crippen LogP contribution is -2.31. The van der Waals surface area contributed by atoms with Crippen molar-refractivity contribution in [2.24, 2.45) is 0 Å². The highest BCUT2D eigenvalue weighted by Gasteiger charge is 2.30. The van der Waals surface area contributed by atoms with E-state index in [4.69, 9.17) is 9.47 Å². The number of carbonyl (C=O) groups excluding carboxylic acids is 2. The second kappa shape index (κ2) is 10.7. The van der Waals surface area contributed by atoms with Crippen LogP contribution < -0.4 is 20.1 Å². The third-order valence-electron chi connectivity index (χ3n) is 5.16. The molecule has 8 heteroatoms. The van der Waals surface area contributed by atoms with Gasteiger partial charge in [0.05, 0.1) is 36.6 Å². The Hall–Kier alpha value is -3.44. The van der Waals surface area contributed by atoms with Crippen LogP contribution in [-0.2, 0) is 16.0 Å². The Bertz CT molecular complexity index is 1070. The molecule has 0 saturated carbocycles. The van der Waals surface area contributed by atoms with Crippen LogP contribution in [0.15, 0.2) is 53.1 Å². The minimum absolute atomic E-state index is 0.0645. The van der Waals surface area contributed by atoms with Gasteiger partial charge < -0.3 is 20.1 Å². The number of nitrogens with one attached hydrogen (secondary N) is 2. The van der Waals surface area contributed by atoms with Gasteiger partial charge in [-0.15, -0.1) is 0 Å². The maximum absolute atomic E-state index is 12.4. The first-order valence-electron chi connectivity index (χ1n) is 10.2. The first-order valence-corrected chi connectivity index (χ1v) is 11.1. The van der Waals surface area contributed by atoms with E-state index in [1.54, 1.807) is 19.2 Å². The van der Waals surface area contributed by atoms with Gasteiger partial charge in [0.2, 0.25) is 11.8 Å². The predicted molar refractivity (Wildman–Crippen MR) is 125 cm³/mol. The highest BCUT2D eigenvalue weighted by Crippen LogP contribution is 2.39. The maximum Gasteiger partial charge on any atom is 0.234 e. The van der Waals surface area contributed by atoms with Crippen LogP contribution in [0.3, 0.4) is 0 Å². The average Bonchev–Trinajstić information content (AvgIpc) is 2.82. The molecule has 0 bridgehead atoms. The summed E-state index contributed by atoms with van der Waals surface area (Å²) in [7, 11) is 3.08. The van der Waals surface area contributed by atoms with Gasteiger partial charge in [0.25, 0.3) is 0 Å². The highest BCUT2D eigenvalue weighted by molar-refractivity contribution is 8.03. The van der Waals surface area contributed by atoms with Gasteiger partial charge in [-0.1, -0.05) is 36.9 Å².